The zero-order valence-electron chi connectivity index (χ0n) is 18.5. The summed E-state index contributed by atoms with van der Waals surface area (Å²) in [7, 11) is 0. The predicted molar refractivity (Wildman–Crippen MR) is 122 cm³/mol. The average Bonchev–Trinajstić information content (AvgIpc) is 2.75. The monoisotopic (exact) mass is 394 g/mol. The summed E-state index contributed by atoms with van der Waals surface area (Å²) in [6.07, 6.45) is 18.2. The Morgan fingerprint density at radius 3 is 2.07 bits per heavy atom. The zero-order chi connectivity index (χ0) is 20.2. The van der Waals surface area contributed by atoms with E-state index < -0.39 is 0 Å². The van der Waals surface area contributed by atoms with Gasteiger partial charge in [0.2, 0.25) is 0 Å². The molecule has 4 rings (SSSR count). The highest BCUT2D eigenvalue weighted by atomic mass is 19.1. The van der Waals surface area contributed by atoms with Gasteiger partial charge in [-0.3, -0.25) is 0 Å². The SMILES string of the molecule is CCCC1CCC(c2ccc(C3CC=C(C4CCC(C)CC4)C=C3F)cc2)CC1. The Morgan fingerprint density at radius 1 is 0.828 bits per heavy atom. The van der Waals surface area contributed by atoms with Crippen LogP contribution in [0, 0.1) is 17.8 Å². The van der Waals surface area contributed by atoms with Crippen molar-refractivity contribution in [2.24, 2.45) is 17.8 Å². The van der Waals surface area contributed by atoms with Crippen LogP contribution in [0.2, 0.25) is 0 Å². The molecule has 0 amide bonds. The summed E-state index contributed by atoms with van der Waals surface area (Å²) in [6.45, 7) is 4.65. The van der Waals surface area contributed by atoms with Gasteiger partial charge in [0.15, 0.2) is 0 Å². The van der Waals surface area contributed by atoms with Crippen LogP contribution in [0.1, 0.15) is 107 Å². The van der Waals surface area contributed by atoms with Crippen molar-refractivity contribution in [2.45, 2.75) is 96.3 Å². The van der Waals surface area contributed by atoms with Crippen LogP contribution in [0.15, 0.2) is 47.8 Å². The third-order valence-corrected chi connectivity index (χ3v) is 8.07. The molecule has 0 aliphatic heterocycles. The lowest BCUT2D eigenvalue weighted by Gasteiger charge is -2.30. The standard InChI is InChI=1S/C28H39F/c1-3-4-21-7-11-22(12-8-21)23-13-15-25(16-14-23)27-18-17-26(19-28(27)29)24-9-5-20(2)6-10-24/h13-17,19-22,24,27H,3-12,18H2,1-2H3. The first kappa shape index (κ1) is 20.9. The van der Waals surface area contributed by atoms with Gasteiger partial charge in [-0.15, -0.1) is 0 Å². The molecule has 158 valence electrons. The Bertz CT molecular complexity index is 709. The van der Waals surface area contributed by atoms with Crippen LogP contribution in [-0.2, 0) is 0 Å². The summed E-state index contributed by atoms with van der Waals surface area (Å²) >= 11 is 0. The summed E-state index contributed by atoms with van der Waals surface area (Å²) in [5.41, 5.74) is 3.89. The van der Waals surface area contributed by atoms with Gasteiger partial charge in [-0.1, -0.05) is 69.9 Å². The molecule has 1 atom stereocenters. The van der Waals surface area contributed by atoms with Gasteiger partial charge in [-0.2, -0.15) is 0 Å². The van der Waals surface area contributed by atoms with E-state index in [-0.39, 0.29) is 11.7 Å². The molecule has 1 unspecified atom stereocenters. The summed E-state index contributed by atoms with van der Waals surface area (Å²) < 4.78 is 15.0. The van der Waals surface area contributed by atoms with E-state index in [1.54, 1.807) is 0 Å². The topological polar surface area (TPSA) is 0 Å². The molecule has 1 aromatic rings. The van der Waals surface area contributed by atoms with Gasteiger partial charge in [-0.05, 0) is 91.4 Å². The molecular formula is C28H39F. The number of hydrogen-bond donors (Lipinski definition) is 0. The summed E-state index contributed by atoms with van der Waals surface area (Å²) in [6, 6.07) is 8.98. The van der Waals surface area contributed by atoms with Crippen LogP contribution < -0.4 is 0 Å². The molecule has 0 nitrogen and oxygen atoms in total. The van der Waals surface area contributed by atoms with Crippen molar-refractivity contribution < 1.29 is 4.39 Å². The molecule has 29 heavy (non-hydrogen) atoms. The second-order valence-electron chi connectivity index (χ2n) is 10.2. The largest absolute Gasteiger partial charge is 0.211 e. The van der Waals surface area contributed by atoms with E-state index in [0.717, 1.165) is 23.8 Å². The third-order valence-electron chi connectivity index (χ3n) is 8.07. The Labute approximate surface area is 177 Å². The number of benzene rings is 1. The van der Waals surface area contributed by atoms with E-state index in [2.05, 4.69) is 44.2 Å². The van der Waals surface area contributed by atoms with E-state index >= 15 is 4.39 Å². The van der Waals surface area contributed by atoms with E-state index in [4.69, 9.17) is 0 Å². The molecular weight excluding hydrogens is 355 g/mol. The molecule has 0 N–H and O–H groups in total. The second kappa shape index (κ2) is 9.63. The molecule has 0 saturated heterocycles. The van der Waals surface area contributed by atoms with E-state index in [9.17, 15) is 0 Å². The van der Waals surface area contributed by atoms with Crippen LogP contribution in [0.5, 0.6) is 0 Å². The maximum Gasteiger partial charge on any atom is 0.108 e. The minimum absolute atomic E-state index is 0.0735. The van der Waals surface area contributed by atoms with E-state index in [1.807, 2.05) is 6.08 Å². The van der Waals surface area contributed by atoms with Gasteiger partial charge in [0.1, 0.15) is 5.83 Å². The van der Waals surface area contributed by atoms with Crippen LogP contribution >= 0.6 is 0 Å². The van der Waals surface area contributed by atoms with Crippen molar-refractivity contribution >= 4 is 0 Å². The van der Waals surface area contributed by atoms with Gasteiger partial charge in [0, 0.05) is 5.92 Å². The van der Waals surface area contributed by atoms with Crippen molar-refractivity contribution in [3.63, 3.8) is 0 Å². The van der Waals surface area contributed by atoms with Crippen LogP contribution in [0.4, 0.5) is 4.39 Å². The lowest BCUT2D eigenvalue weighted by molar-refractivity contribution is 0.308. The molecule has 1 aromatic carbocycles. The minimum Gasteiger partial charge on any atom is -0.211 e. The fourth-order valence-corrected chi connectivity index (χ4v) is 6.05. The molecule has 2 saturated carbocycles. The minimum atomic E-state index is -0.0735. The second-order valence-corrected chi connectivity index (χ2v) is 10.2. The molecule has 0 spiro atoms. The molecule has 3 aliphatic rings. The van der Waals surface area contributed by atoms with Crippen LogP contribution in [-0.4, -0.2) is 0 Å². The normalized spacial score (nSPS) is 33.1. The summed E-state index contributed by atoms with van der Waals surface area (Å²) in [4.78, 5) is 0. The van der Waals surface area contributed by atoms with Gasteiger partial charge in [0.25, 0.3) is 0 Å². The highest BCUT2D eigenvalue weighted by Crippen LogP contribution is 2.42. The number of rotatable bonds is 5. The van der Waals surface area contributed by atoms with E-state index in [1.165, 1.54) is 75.3 Å². The average molecular weight is 395 g/mol. The number of allylic oxidation sites excluding steroid dienone is 4. The Hall–Kier alpha value is -1.37. The first-order chi connectivity index (χ1) is 14.1. The Balaban J connectivity index is 1.36. The smallest absolute Gasteiger partial charge is 0.108 e. The van der Waals surface area contributed by atoms with Crippen molar-refractivity contribution in [2.75, 3.05) is 0 Å². The third kappa shape index (κ3) is 5.04. The predicted octanol–water partition coefficient (Wildman–Crippen LogP) is 8.85. The number of halogens is 1. The summed E-state index contributed by atoms with van der Waals surface area (Å²) in [5, 5.41) is 0. The maximum absolute atomic E-state index is 15.0. The lowest BCUT2D eigenvalue weighted by Crippen LogP contribution is -2.16. The quantitative estimate of drug-likeness (QED) is 0.468. The molecule has 1 heteroatoms. The van der Waals surface area contributed by atoms with Crippen LogP contribution in [0.3, 0.4) is 0 Å². The summed E-state index contributed by atoms with van der Waals surface area (Å²) in [5.74, 6) is 3.10. The van der Waals surface area contributed by atoms with E-state index in [0.29, 0.717) is 11.8 Å². The molecule has 2 fully saturated rings. The Morgan fingerprint density at radius 2 is 1.45 bits per heavy atom. The van der Waals surface area contributed by atoms with Crippen molar-refractivity contribution in [1.82, 2.24) is 0 Å². The molecule has 0 bridgehead atoms. The van der Waals surface area contributed by atoms with Crippen molar-refractivity contribution in [1.29, 1.82) is 0 Å². The molecule has 0 radical (unpaired) electrons. The first-order valence-corrected chi connectivity index (χ1v) is 12.3. The fourth-order valence-electron chi connectivity index (χ4n) is 6.05. The molecule has 3 aliphatic carbocycles. The number of hydrogen-bond acceptors (Lipinski definition) is 0. The molecule has 0 aromatic heterocycles. The zero-order valence-corrected chi connectivity index (χ0v) is 18.5. The van der Waals surface area contributed by atoms with Crippen molar-refractivity contribution in [3.05, 3.63) is 58.9 Å². The van der Waals surface area contributed by atoms with Gasteiger partial charge in [0.05, 0.1) is 0 Å². The fraction of sp³-hybridized carbons (Fsp3) is 0.643. The Kier molecular flexibility index (Phi) is 6.93. The van der Waals surface area contributed by atoms with Gasteiger partial charge in [-0.25, -0.2) is 4.39 Å². The first-order valence-electron chi connectivity index (χ1n) is 12.3. The van der Waals surface area contributed by atoms with Gasteiger partial charge >= 0.3 is 0 Å². The van der Waals surface area contributed by atoms with Gasteiger partial charge < -0.3 is 0 Å². The maximum atomic E-state index is 15.0. The lowest BCUT2D eigenvalue weighted by atomic mass is 9.76. The highest BCUT2D eigenvalue weighted by Gasteiger charge is 2.27. The van der Waals surface area contributed by atoms with Crippen molar-refractivity contribution in [3.8, 4) is 0 Å². The molecule has 0 heterocycles. The van der Waals surface area contributed by atoms with Crippen LogP contribution in [0.25, 0.3) is 0 Å². The highest BCUT2D eigenvalue weighted by molar-refractivity contribution is 5.38.